The number of nitrogens with zero attached hydrogens (tertiary/aromatic N) is 4. The molecule has 5 rings (SSSR count). The van der Waals surface area contributed by atoms with E-state index in [0.29, 0.717) is 18.5 Å². The summed E-state index contributed by atoms with van der Waals surface area (Å²) < 4.78 is 4.07. The maximum Gasteiger partial charge on any atom is 0.253 e. The molecule has 0 fully saturated rings. The van der Waals surface area contributed by atoms with Crippen molar-refractivity contribution in [2.45, 2.75) is 13.0 Å². The number of amides is 1. The highest BCUT2D eigenvalue weighted by molar-refractivity contribution is 6.07. The van der Waals surface area contributed by atoms with Crippen molar-refractivity contribution in [3.05, 3.63) is 102 Å². The van der Waals surface area contributed by atoms with Crippen molar-refractivity contribution >= 4 is 22.5 Å². The van der Waals surface area contributed by atoms with Gasteiger partial charge in [0, 0.05) is 42.8 Å². The summed E-state index contributed by atoms with van der Waals surface area (Å²) in [7, 11) is 0. The van der Waals surface area contributed by atoms with Crippen LogP contribution < -0.4 is 5.32 Å². The Bertz CT molecular complexity index is 1320. The molecule has 0 saturated heterocycles. The molecule has 0 aliphatic carbocycles. The molecule has 1 amide bonds. The molecule has 0 radical (unpaired) electrons. The minimum absolute atomic E-state index is 0.0770. The van der Waals surface area contributed by atoms with E-state index in [1.807, 2.05) is 71.4 Å². The van der Waals surface area contributed by atoms with Gasteiger partial charge in [0.2, 0.25) is 0 Å². The third kappa shape index (κ3) is 3.43. The smallest absolute Gasteiger partial charge is 0.253 e. The van der Waals surface area contributed by atoms with E-state index in [0.717, 1.165) is 28.9 Å². The average molecular weight is 395 g/mol. The van der Waals surface area contributed by atoms with Crippen molar-refractivity contribution in [2.24, 2.45) is 0 Å². The van der Waals surface area contributed by atoms with Crippen LogP contribution in [0.2, 0.25) is 0 Å². The van der Waals surface area contributed by atoms with Crippen molar-refractivity contribution in [3.63, 3.8) is 0 Å². The number of aromatic nitrogens is 4. The van der Waals surface area contributed by atoms with E-state index < -0.39 is 0 Å². The molecule has 5 aromatic rings. The third-order valence-electron chi connectivity index (χ3n) is 5.25. The first-order valence-electron chi connectivity index (χ1n) is 9.98. The molecule has 3 aromatic heterocycles. The zero-order chi connectivity index (χ0) is 20.3. The highest BCUT2D eigenvalue weighted by Crippen LogP contribution is 2.22. The molecule has 30 heavy (non-hydrogen) atoms. The second-order valence-corrected chi connectivity index (χ2v) is 7.22. The molecule has 0 unspecified atom stereocenters. The SMILES string of the molecule is O=C(NCCc1nnc2ccccn12)c1cn(Cc2ccccc2)c2ccccc12. The fourth-order valence-electron chi connectivity index (χ4n) is 3.78. The summed E-state index contributed by atoms with van der Waals surface area (Å²) in [5, 5.41) is 12.4. The van der Waals surface area contributed by atoms with E-state index in [-0.39, 0.29) is 5.91 Å². The van der Waals surface area contributed by atoms with Gasteiger partial charge in [0.1, 0.15) is 5.82 Å². The van der Waals surface area contributed by atoms with Crippen molar-refractivity contribution in [3.8, 4) is 0 Å². The van der Waals surface area contributed by atoms with Gasteiger partial charge >= 0.3 is 0 Å². The molecule has 6 heteroatoms. The highest BCUT2D eigenvalue weighted by atomic mass is 16.1. The normalized spacial score (nSPS) is 11.2. The van der Waals surface area contributed by atoms with E-state index in [1.54, 1.807) is 0 Å². The van der Waals surface area contributed by atoms with Crippen LogP contribution >= 0.6 is 0 Å². The van der Waals surface area contributed by atoms with Gasteiger partial charge < -0.3 is 9.88 Å². The number of pyridine rings is 1. The minimum atomic E-state index is -0.0770. The van der Waals surface area contributed by atoms with Crippen LogP contribution in [0.5, 0.6) is 0 Å². The number of hydrogen-bond acceptors (Lipinski definition) is 3. The van der Waals surface area contributed by atoms with Crippen molar-refractivity contribution in [1.29, 1.82) is 0 Å². The molecular formula is C24H21N5O. The first-order valence-corrected chi connectivity index (χ1v) is 9.98. The van der Waals surface area contributed by atoms with E-state index in [2.05, 4.69) is 38.3 Å². The zero-order valence-electron chi connectivity index (χ0n) is 16.4. The number of fused-ring (bicyclic) bond motifs is 2. The van der Waals surface area contributed by atoms with E-state index >= 15 is 0 Å². The molecule has 0 saturated carbocycles. The van der Waals surface area contributed by atoms with E-state index in [4.69, 9.17) is 0 Å². The Balaban J connectivity index is 1.34. The second kappa shape index (κ2) is 7.83. The minimum Gasteiger partial charge on any atom is -0.352 e. The zero-order valence-corrected chi connectivity index (χ0v) is 16.4. The molecule has 148 valence electrons. The summed E-state index contributed by atoms with van der Waals surface area (Å²) in [4.78, 5) is 12.9. The summed E-state index contributed by atoms with van der Waals surface area (Å²) in [6, 6.07) is 24.1. The Labute approximate surface area is 173 Å². The molecular weight excluding hydrogens is 374 g/mol. The topological polar surface area (TPSA) is 64.2 Å². The fraction of sp³-hybridized carbons (Fsp3) is 0.125. The van der Waals surface area contributed by atoms with Crippen LogP contribution in [0, 0.1) is 0 Å². The Morgan fingerprint density at radius 3 is 2.60 bits per heavy atom. The predicted molar refractivity (Wildman–Crippen MR) is 117 cm³/mol. The van der Waals surface area contributed by atoms with Crippen LogP contribution in [0.3, 0.4) is 0 Å². The van der Waals surface area contributed by atoms with Gasteiger partial charge in [-0.25, -0.2) is 0 Å². The van der Waals surface area contributed by atoms with Gasteiger partial charge in [-0.15, -0.1) is 10.2 Å². The molecule has 6 nitrogen and oxygen atoms in total. The van der Waals surface area contributed by atoms with Crippen molar-refractivity contribution in [1.82, 2.24) is 24.5 Å². The molecule has 0 atom stereocenters. The Kier molecular flexibility index (Phi) is 4.73. The van der Waals surface area contributed by atoms with Crippen LogP contribution in [0.25, 0.3) is 16.6 Å². The number of hydrogen-bond donors (Lipinski definition) is 1. The van der Waals surface area contributed by atoms with Crippen molar-refractivity contribution in [2.75, 3.05) is 6.54 Å². The molecule has 0 aliphatic rings. The number of para-hydroxylation sites is 1. The van der Waals surface area contributed by atoms with Crippen LogP contribution in [-0.2, 0) is 13.0 Å². The van der Waals surface area contributed by atoms with Crippen LogP contribution in [0.4, 0.5) is 0 Å². The molecule has 0 bridgehead atoms. The van der Waals surface area contributed by atoms with Crippen LogP contribution in [0.15, 0.2) is 85.2 Å². The maximum absolute atomic E-state index is 12.9. The first kappa shape index (κ1) is 18.1. The Morgan fingerprint density at radius 1 is 0.900 bits per heavy atom. The van der Waals surface area contributed by atoms with Gasteiger partial charge in [-0.1, -0.05) is 54.6 Å². The largest absolute Gasteiger partial charge is 0.352 e. The van der Waals surface area contributed by atoms with Gasteiger partial charge in [-0.05, 0) is 23.8 Å². The summed E-state index contributed by atoms with van der Waals surface area (Å²) in [6.45, 7) is 1.22. The standard InChI is InChI=1S/C24H21N5O/c30-24(25-14-13-23-27-26-22-12-6-7-15-29(22)23)20-17-28(16-18-8-2-1-3-9-18)21-11-5-4-10-19(20)21/h1-12,15,17H,13-14,16H2,(H,25,30). The summed E-state index contributed by atoms with van der Waals surface area (Å²) in [5.41, 5.74) is 3.74. The lowest BCUT2D eigenvalue weighted by molar-refractivity contribution is 0.0955. The number of benzene rings is 2. The van der Waals surface area contributed by atoms with Gasteiger partial charge in [-0.3, -0.25) is 9.20 Å². The second-order valence-electron chi connectivity index (χ2n) is 7.22. The molecule has 2 aromatic carbocycles. The molecule has 1 N–H and O–H groups in total. The molecule has 0 spiro atoms. The van der Waals surface area contributed by atoms with Gasteiger partial charge in [0.25, 0.3) is 5.91 Å². The van der Waals surface area contributed by atoms with Gasteiger partial charge in [0.05, 0.1) is 5.56 Å². The number of carbonyl (C=O) groups is 1. The quantitative estimate of drug-likeness (QED) is 0.477. The van der Waals surface area contributed by atoms with Crippen LogP contribution in [-0.4, -0.2) is 31.6 Å². The van der Waals surface area contributed by atoms with Crippen molar-refractivity contribution < 1.29 is 4.79 Å². The summed E-state index contributed by atoms with van der Waals surface area (Å²) in [6.07, 6.45) is 4.49. The fourth-order valence-corrected chi connectivity index (χ4v) is 3.78. The van der Waals surface area contributed by atoms with E-state index in [9.17, 15) is 4.79 Å². The predicted octanol–water partition coefficient (Wildman–Crippen LogP) is 3.70. The highest BCUT2D eigenvalue weighted by Gasteiger charge is 2.15. The summed E-state index contributed by atoms with van der Waals surface area (Å²) >= 11 is 0. The maximum atomic E-state index is 12.9. The molecule has 3 heterocycles. The molecule has 0 aliphatic heterocycles. The Hall–Kier alpha value is -3.93. The number of carbonyl (C=O) groups excluding carboxylic acids is 1. The first-order chi connectivity index (χ1) is 14.8. The van der Waals surface area contributed by atoms with Gasteiger partial charge in [0.15, 0.2) is 5.65 Å². The number of rotatable bonds is 6. The Morgan fingerprint density at radius 2 is 1.70 bits per heavy atom. The monoisotopic (exact) mass is 395 g/mol. The van der Waals surface area contributed by atoms with E-state index in [1.165, 1.54) is 5.56 Å². The van der Waals surface area contributed by atoms with Gasteiger partial charge in [-0.2, -0.15) is 0 Å². The number of nitrogens with one attached hydrogen (secondary N) is 1. The third-order valence-corrected chi connectivity index (χ3v) is 5.25. The average Bonchev–Trinajstić information content (AvgIpc) is 3.37. The lowest BCUT2D eigenvalue weighted by atomic mass is 10.1. The van der Waals surface area contributed by atoms with Crippen LogP contribution in [0.1, 0.15) is 21.7 Å². The lowest BCUT2D eigenvalue weighted by Crippen LogP contribution is -2.26. The summed E-state index contributed by atoms with van der Waals surface area (Å²) in [5.74, 6) is 0.754. The lowest BCUT2D eigenvalue weighted by Gasteiger charge is -2.05.